The van der Waals surface area contributed by atoms with Gasteiger partial charge in [0.2, 0.25) is 0 Å². The highest BCUT2D eigenvalue weighted by atomic mass is 32.2. The van der Waals surface area contributed by atoms with Crippen molar-refractivity contribution in [2.45, 2.75) is 48.8 Å². The third kappa shape index (κ3) is 12.4. The largest absolute Gasteiger partial charge is 0.505 e. The van der Waals surface area contributed by atoms with Crippen molar-refractivity contribution in [3.8, 4) is 17.2 Å². The molecule has 7 aromatic rings. The number of azo groups is 3. The summed E-state index contributed by atoms with van der Waals surface area (Å²) in [5.74, 6) is -0.846. The Hall–Kier alpha value is -7.30. The average molecular weight is 1060 g/mol. The van der Waals surface area contributed by atoms with Crippen molar-refractivity contribution < 1.29 is 66.5 Å². The molecule has 26 heteroatoms. The number of ether oxygens (including phenoxy) is 2. The van der Waals surface area contributed by atoms with E-state index >= 15 is 0 Å². The molecule has 72 heavy (non-hydrogen) atoms. The zero-order chi connectivity index (χ0) is 52.5. The van der Waals surface area contributed by atoms with Gasteiger partial charge < -0.3 is 19.9 Å². The first-order valence-corrected chi connectivity index (χ1v) is 26.9. The average Bonchev–Trinajstić information content (AvgIpc) is 3.29. The van der Waals surface area contributed by atoms with Crippen LogP contribution in [0.5, 0.6) is 17.2 Å². The molecular weight excluding hydrogens is 1020 g/mol. The van der Waals surface area contributed by atoms with Crippen molar-refractivity contribution in [1.82, 2.24) is 0 Å². The molecule has 0 unspecified atom stereocenters. The molecule has 376 valence electrons. The van der Waals surface area contributed by atoms with Crippen LogP contribution in [-0.2, 0) is 40.5 Å². The number of fused-ring (bicyclic) bond motifs is 2. The Morgan fingerprint density at radius 3 is 1.50 bits per heavy atom. The standard InChI is InChI=1S/C46H43N7O15S4/c1-25-16-39(26(2)15-38(25)49-48-32-21-36-37(42(22-32)70(58,59)60)23-34(24-43(36)71(61,62)63)68-13-6-14-69(55,56)57)50-51-40-17-28(4)41(18-27(40)3)52-53-45-44(72(64,65)66)20-29-19-31(9-12-35(29)46(45)54)47-30-7-10-33(67-5)11-8-30/h7-12,15-24,47,54H,6,13-14H2,1-5H3,(H,55,56,57)(H,58,59,60)(H,61,62,63)(H,64,65,66). The Kier molecular flexibility index (Phi) is 14.9. The van der Waals surface area contributed by atoms with Crippen LogP contribution in [0.2, 0.25) is 0 Å². The molecule has 0 aliphatic carbocycles. The van der Waals surface area contributed by atoms with Crippen LogP contribution in [0.25, 0.3) is 21.5 Å². The van der Waals surface area contributed by atoms with Gasteiger partial charge in [-0.05, 0) is 153 Å². The fraction of sp³-hybridized carbons (Fsp3) is 0.174. The number of hydrogen-bond acceptors (Lipinski definition) is 18. The van der Waals surface area contributed by atoms with E-state index in [1.54, 1.807) is 102 Å². The van der Waals surface area contributed by atoms with Gasteiger partial charge in [0.05, 0.1) is 47.9 Å². The number of phenolic OH excluding ortho intramolecular Hbond substituents is 1. The Morgan fingerprint density at radius 2 is 0.986 bits per heavy atom. The quantitative estimate of drug-likeness (QED) is 0.0280. The number of phenols is 1. The minimum atomic E-state index is -5.08. The molecule has 0 bridgehead atoms. The molecule has 0 saturated heterocycles. The minimum absolute atomic E-state index is 0.225. The molecule has 0 fully saturated rings. The molecule has 0 heterocycles. The lowest BCUT2D eigenvalue weighted by atomic mass is 10.1. The van der Waals surface area contributed by atoms with Crippen LogP contribution in [0.1, 0.15) is 28.7 Å². The second-order valence-corrected chi connectivity index (χ2v) is 21.9. The molecule has 7 rings (SSSR count). The van der Waals surface area contributed by atoms with E-state index in [9.17, 15) is 52.4 Å². The number of nitrogens with zero attached hydrogens (tertiary/aromatic N) is 6. The highest BCUT2D eigenvalue weighted by Crippen LogP contribution is 2.43. The zero-order valence-corrected chi connectivity index (χ0v) is 41.8. The van der Waals surface area contributed by atoms with Crippen LogP contribution in [0.4, 0.5) is 45.5 Å². The van der Waals surface area contributed by atoms with Crippen molar-refractivity contribution in [2.75, 3.05) is 24.8 Å². The van der Waals surface area contributed by atoms with Gasteiger partial charge in [-0.2, -0.15) is 59.2 Å². The van der Waals surface area contributed by atoms with E-state index in [0.717, 1.165) is 30.0 Å². The number of benzene rings is 7. The van der Waals surface area contributed by atoms with Crippen LogP contribution in [-0.4, -0.2) is 76.5 Å². The fourth-order valence-electron chi connectivity index (χ4n) is 7.24. The maximum atomic E-state index is 12.6. The van der Waals surface area contributed by atoms with Gasteiger partial charge in [-0.3, -0.25) is 18.2 Å². The summed E-state index contributed by atoms with van der Waals surface area (Å²) in [5.41, 5.74) is 4.24. The summed E-state index contributed by atoms with van der Waals surface area (Å²) in [4.78, 5) is -2.29. The molecule has 0 aromatic heterocycles. The Morgan fingerprint density at radius 1 is 0.500 bits per heavy atom. The van der Waals surface area contributed by atoms with Crippen LogP contribution in [0.3, 0.4) is 0 Å². The molecule has 0 radical (unpaired) electrons. The summed E-state index contributed by atoms with van der Waals surface area (Å²) in [6.07, 6.45) is -0.225. The second kappa shape index (κ2) is 20.4. The Bertz CT molecular complexity index is 3890. The molecule has 0 spiro atoms. The first-order valence-electron chi connectivity index (χ1n) is 21.0. The predicted octanol–water partition coefficient (Wildman–Crippen LogP) is 11.3. The highest BCUT2D eigenvalue weighted by molar-refractivity contribution is 7.87. The van der Waals surface area contributed by atoms with E-state index < -0.39 is 72.3 Å². The third-order valence-electron chi connectivity index (χ3n) is 10.9. The van der Waals surface area contributed by atoms with Crippen molar-refractivity contribution >= 4 is 108 Å². The van der Waals surface area contributed by atoms with Crippen LogP contribution < -0.4 is 14.8 Å². The minimum Gasteiger partial charge on any atom is -0.505 e. The van der Waals surface area contributed by atoms with Crippen molar-refractivity contribution in [3.05, 3.63) is 119 Å². The highest BCUT2D eigenvalue weighted by Gasteiger charge is 2.25. The number of aryl methyl sites for hydroxylation is 4. The number of aromatic hydroxyl groups is 1. The summed E-state index contributed by atoms with van der Waals surface area (Å²) in [6, 6.07) is 23.7. The monoisotopic (exact) mass is 1060 g/mol. The van der Waals surface area contributed by atoms with Gasteiger partial charge in [0.25, 0.3) is 40.5 Å². The van der Waals surface area contributed by atoms with E-state index in [2.05, 4.69) is 36.0 Å². The van der Waals surface area contributed by atoms with Crippen LogP contribution in [0.15, 0.2) is 142 Å². The molecule has 6 N–H and O–H groups in total. The molecule has 0 aliphatic rings. The molecule has 7 aromatic carbocycles. The van der Waals surface area contributed by atoms with E-state index in [1.165, 1.54) is 6.07 Å². The van der Waals surface area contributed by atoms with Gasteiger partial charge in [-0.1, -0.05) is 0 Å². The summed E-state index contributed by atoms with van der Waals surface area (Å²) >= 11 is 0. The summed E-state index contributed by atoms with van der Waals surface area (Å²) in [5, 5.41) is 39.8. The van der Waals surface area contributed by atoms with Gasteiger partial charge in [0, 0.05) is 33.6 Å². The number of anilines is 2. The molecule has 0 atom stereocenters. The van der Waals surface area contributed by atoms with Gasteiger partial charge in [-0.15, -0.1) is 5.11 Å². The lowest BCUT2D eigenvalue weighted by molar-refractivity contribution is 0.315. The first kappa shape index (κ1) is 52.5. The second-order valence-electron chi connectivity index (χ2n) is 16.2. The van der Waals surface area contributed by atoms with Gasteiger partial charge in [0.1, 0.15) is 31.9 Å². The number of methoxy groups -OCH3 is 1. The normalized spacial score (nSPS) is 12.7. The van der Waals surface area contributed by atoms with Crippen molar-refractivity contribution in [2.24, 2.45) is 30.7 Å². The van der Waals surface area contributed by atoms with Crippen LogP contribution in [0, 0.1) is 27.7 Å². The number of rotatable bonds is 17. The van der Waals surface area contributed by atoms with Crippen LogP contribution >= 0.6 is 0 Å². The van der Waals surface area contributed by atoms with Gasteiger partial charge in [-0.25, -0.2) is 0 Å². The maximum absolute atomic E-state index is 12.6. The lowest BCUT2D eigenvalue weighted by Crippen LogP contribution is -2.09. The molecule has 0 saturated carbocycles. The topological polar surface area (TPSA) is 342 Å². The van der Waals surface area contributed by atoms with E-state index in [-0.39, 0.29) is 46.3 Å². The van der Waals surface area contributed by atoms with Crippen molar-refractivity contribution in [3.63, 3.8) is 0 Å². The van der Waals surface area contributed by atoms with Gasteiger partial charge in [0.15, 0.2) is 5.75 Å². The maximum Gasteiger partial charge on any atom is 0.296 e. The number of hydrogen-bond donors (Lipinski definition) is 6. The fourth-order valence-corrected chi connectivity index (χ4v) is 9.81. The smallest absolute Gasteiger partial charge is 0.296 e. The Balaban J connectivity index is 1.13. The zero-order valence-electron chi connectivity index (χ0n) is 38.5. The SMILES string of the molecule is COc1ccc(Nc2ccc3c(O)c(N=Nc4cc(C)c(N=Nc5cc(C)c(N=Nc6cc(S(=O)(=O)O)c7cc(OCCCS(=O)(=O)O)cc(S(=O)(=O)O)c7c6)cc5C)cc4C)c(S(=O)(=O)O)cc3c2)cc1. The van der Waals surface area contributed by atoms with E-state index in [0.29, 0.717) is 56.1 Å². The third-order valence-corrected chi connectivity index (χ3v) is 14.3. The van der Waals surface area contributed by atoms with E-state index in [1.807, 2.05) is 0 Å². The predicted molar refractivity (Wildman–Crippen MR) is 266 cm³/mol. The molecular formula is C46H43N7O15S4. The van der Waals surface area contributed by atoms with E-state index in [4.69, 9.17) is 14.0 Å². The van der Waals surface area contributed by atoms with Gasteiger partial charge >= 0.3 is 0 Å². The first-order chi connectivity index (χ1) is 33.7. The molecule has 22 nitrogen and oxygen atoms in total. The molecule has 0 amide bonds. The summed E-state index contributed by atoms with van der Waals surface area (Å²) < 4.78 is 147. The summed E-state index contributed by atoms with van der Waals surface area (Å²) in [6.45, 7) is 6.46. The number of nitrogens with one attached hydrogen (secondary N) is 1. The lowest BCUT2D eigenvalue weighted by Gasteiger charge is -2.13. The van der Waals surface area contributed by atoms with Crippen molar-refractivity contribution in [1.29, 1.82) is 0 Å². The Labute approximate surface area is 412 Å². The molecule has 0 aliphatic heterocycles. The summed E-state index contributed by atoms with van der Waals surface area (Å²) in [7, 11) is -17.8.